The van der Waals surface area contributed by atoms with Crippen molar-refractivity contribution in [3.63, 3.8) is 0 Å². The summed E-state index contributed by atoms with van der Waals surface area (Å²) < 4.78 is 32.6. The lowest BCUT2D eigenvalue weighted by Gasteiger charge is -2.30. The standard InChI is InChI=1S/C27H31NO5S/c1-31-26(29)11-5-3-2-4-8-21-18-12-13-19(16-18)27(21)28-34(30)33-20-14-15-25-23(17-20)22-9-6-7-10-24(22)32-25/h2,4,6-7,9-10,14-15,17-19,21,27-28H,3,5,8,11-13,16H2,1H3/b4-2-/t18-,19+,21+,27?,34?/m0/s1. The Morgan fingerprint density at radius 2 is 1.94 bits per heavy atom. The maximum absolute atomic E-state index is 12.9. The van der Waals surface area contributed by atoms with Crippen molar-refractivity contribution < 1.29 is 22.3 Å². The van der Waals surface area contributed by atoms with Gasteiger partial charge in [-0.05, 0) is 80.5 Å². The Labute approximate surface area is 202 Å². The minimum Gasteiger partial charge on any atom is -0.469 e. The fraction of sp³-hybridized carbons (Fsp3) is 0.444. The van der Waals surface area contributed by atoms with Crippen molar-refractivity contribution in [1.29, 1.82) is 0 Å². The van der Waals surface area contributed by atoms with Gasteiger partial charge in [0.1, 0.15) is 16.9 Å². The summed E-state index contributed by atoms with van der Waals surface area (Å²) in [6.45, 7) is 0. The van der Waals surface area contributed by atoms with Crippen LogP contribution >= 0.6 is 0 Å². The quantitative estimate of drug-likeness (QED) is 0.224. The molecule has 5 rings (SSSR count). The van der Waals surface area contributed by atoms with E-state index in [2.05, 4.69) is 21.6 Å². The smallest absolute Gasteiger partial charge is 0.305 e. The topological polar surface area (TPSA) is 77.8 Å². The summed E-state index contributed by atoms with van der Waals surface area (Å²) in [6, 6.07) is 13.7. The van der Waals surface area contributed by atoms with Gasteiger partial charge >= 0.3 is 5.97 Å². The van der Waals surface area contributed by atoms with E-state index in [1.807, 2.05) is 36.4 Å². The number of benzene rings is 2. The Kier molecular flexibility index (Phi) is 7.02. The number of nitrogens with one attached hydrogen (secondary N) is 1. The van der Waals surface area contributed by atoms with E-state index in [1.54, 1.807) is 6.07 Å². The lowest BCUT2D eigenvalue weighted by molar-refractivity contribution is -0.140. The third kappa shape index (κ3) is 4.91. The molecule has 34 heavy (non-hydrogen) atoms. The van der Waals surface area contributed by atoms with E-state index < -0.39 is 11.3 Å². The predicted molar refractivity (Wildman–Crippen MR) is 133 cm³/mol. The zero-order valence-corrected chi connectivity index (χ0v) is 20.2. The first-order valence-electron chi connectivity index (χ1n) is 12.1. The summed E-state index contributed by atoms with van der Waals surface area (Å²) in [6.07, 6.45) is 11.1. The maximum Gasteiger partial charge on any atom is 0.305 e. The van der Waals surface area contributed by atoms with Crippen LogP contribution in [0.4, 0.5) is 0 Å². The molecule has 1 aromatic heterocycles. The van der Waals surface area contributed by atoms with Gasteiger partial charge in [-0.15, -0.1) is 0 Å². The van der Waals surface area contributed by atoms with Gasteiger partial charge in [-0.3, -0.25) is 4.79 Å². The van der Waals surface area contributed by atoms with E-state index in [9.17, 15) is 9.00 Å². The summed E-state index contributed by atoms with van der Waals surface area (Å²) in [5, 5.41) is 1.98. The molecule has 2 aliphatic rings. The first kappa shape index (κ1) is 23.1. The summed E-state index contributed by atoms with van der Waals surface area (Å²) in [4.78, 5) is 11.2. The molecule has 0 saturated heterocycles. The molecule has 2 bridgehead atoms. The van der Waals surface area contributed by atoms with Crippen LogP contribution in [0.1, 0.15) is 44.9 Å². The number of rotatable bonds is 10. The van der Waals surface area contributed by atoms with Gasteiger partial charge in [0.15, 0.2) is 0 Å². The SMILES string of the molecule is COC(=O)CCC/C=C\C[C@H]1C(NS(=O)Oc2ccc3oc4ccccc4c3c2)[C@@H]2CC[C@H]1C2. The molecule has 0 aliphatic heterocycles. The van der Waals surface area contributed by atoms with Crippen LogP contribution < -0.4 is 8.91 Å². The number of hydrogen-bond acceptors (Lipinski definition) is 5. The van der Waals surface area contributed by atoms with Gasteiger partial charge in [0.25, 0.3) is 11.3 Å². The van der Waals surface area contributed by atoms with Crippen molar-refractivity contribution >= 4 is 39.2 Å². The summed E-state index contributed by atoms with van der Waals surface area (Å²) in [5.41, 5.74) is 1.62. The third-order valence-electron chi connectivity index (χ3n) is 7.40. The molecule has 3 aromatic rings. The molecule has 180 valence electrons. The van der Waals surface area contributed by atoms with Crippen molar-refractivity contribution in [3.05, 3.63) is 54.6 Å². The van der Waals surface area contributed by atoms with Gasteiger partial charge < -0.3 is 13.3 Å². The maximum atomic E-state index is 12.9. The van der Waals surface area contributed by atoms with Crippen molar-refractivity contribution in [2.45, 2.75) is 51.0 Å². The molecule has 2 aromatic carbocycles. The van der Waals surface area contributed by atoms with E-state index in [-0.39, 0.29) is 12.0 Å². The normalized spacial score (nSPS) is 24.9. The highest BCUT2D eigenvalue weighted by Gasteiger charge is 2.47. The van der Waals surface area contributed by atoms with Gasteiger partial charge in [-0.25, -0.2) is 4.72 Å². The summed E-state index contributed by atoms with van der Waals surface area (Å²) >= 11 is -1.62. The number of carbonyl (C=O) groups is 1. The van der Waals surface area contributed by atoms with Crippen molar-refractivity contribution in [1.82, 2.24) is 4.72 Å². The summed E-state index contributed by atoms with van der Waals surface area (Å²) in [5.74, 6) is 2.09. The number of allylic oxidation sites excluding steroid dienone is 2. The highest BCUT2D eigenvalue weighted by Crippen LogP contribution is 2.50. The van der Waals surface area contributed by atoms with Crippen LogP contribution in [0.2, 0.25) is 0 Å². The molecule has 6 nitrogen and oxygen atoms in total. The number of fused-ring (bicyclic) bond motifs is 5. The Morgan fingerprint density at radius 3 is 2.82 bits per heavy atom. The first-order chi connectivity index (χ1) is 16.6. The molecule has 2 unspecified atom stereocenters. The second-order valence-corrected chi connectivity index (χ2v) is 10.3. The number of para-hydroxylation sites is 1. The average molecular weight is 482 g/mol. The molecule has 2 fully saturated rings. The van der Waals surface area contributed by atoms with Crippen LogP contribution in [-0.2, 0) is 20.8 Å². The van der Waals surface area contributed by atoms with Crippen LogP contribution in [0.15, 0.2) is 59.0 Å². The van der Waals surface area contributed by atoms with Gasteiger partial charge in [0, 0.05) is 23.2 Å². The number of esters is 1. The minimum atomic E-state index is -1.62. The van der Waals surface area contributed by atoms with E-state index >= 15 is 0 Å². The molecule has 1 heterocycles. The predicted octanol–water partition coefficient (Wildman–Crippen LogP) is 5.84. The number of methoxy groups -OCH3 is 1. The fourth-order valence-corrected chi connectivity index (χ4v) is 6.67. The van der Waals surface area contributed by atoms with E-state index in [0.29, 0.717) is 29.9 Å². The van der Waals surface area contributed by atoms with Crippen molar-refractivity contribution in [2.75, 3.05) is 7.11 Å². The lowest BCUT2D eigenvalue weighted by Crippen LogP contribution is -2.42. The lowest BCUT2D eigenvalue weighted by atomic mass is 9.83. The average Bonchev–Trinajstić information content (AvgIpc) is 3.55. The van der Waals surface area contributed by atoms with E-state index in [1.165, 1.54) is 26.4 Å². The van der Waals surface area contributed by atoms with E-state index in [0.717, 1.165) is 41.2 Å². The number of carbonyl (C=O) groups excluding carboxylic acids is 1. The molecule has 0 radical (unpaired) electrons. The van der Waals surface area contributed by atoms with Gasteiger partial charge in [-0.2, -0.15) is 4.21 Å². The molecular weight excluding hydrogens is 450 g/mol. The molecule has 5 atom stereocenters. The fourth-order valence-electron chi connectivity index (χ4n) is 5.75. The highest BCUT2D eigenvalue weighted by molar-refractivity contribution is 7.78. The first-order valence-corrected chi connectivity index (χ1v) is 13.2. The minimum absolute atomic E-state index is 0.159. The Morgan fingerprint density at radius 1 is 1.12 bits per heavy atom. The van der Waals surface area contributed by atoms with Gasteiger partial charge in [-0.1, -0.05) is 30.4 Å². The molecule has 0 spiro atoms. The molecule has 2 aliphatic carbocycles. The molecule has 0 amide bonds. The Bertz CT molecular complexity index is 1220. The Balaban J connectivity index is 1.19. The molecule has 1 N–H and O–H groups in total. The molecule has 2 saturated carbocycles. The monoisotopic (exact) mass is 481 g/mol. The van der Waals surface area contributed by atoms with E-state index in [4.69, 9.17) is 8.60 Å². The van der Waals surface area contributed by atoms with Crippen LogP contribution in [0.25, 0.3) is 21.9 Å². The molecule has 7 heteroatoms. The Hall–Kier alpha value is -2.64. The van der Waals surface area contributed by atoms with Gasteiger partial charge in [0.05, 0.1) is 7.11 Å². The summed E-state index contributed by atoms with van der Waals surface area (Å²) in [7, 11) is 1.42. The van der Waals surface area contributed by atoms with Crippen molar-refractivity contribution in [2.24, 2.45) is 17.8 Å². The zero-order chi connectivity index (χ0) is 23.5. The number of ether oxygens (including phenoxy) is 1. The largest absolute Gasteiger partial charge is 0.469 e. The van der Waals surface area contributed by atoms with Gasteiger partial charge in [0.2, 0.25) is 0 Å². The van der Waals surface area contributed by atoms with Crippen LogP contribution in [0.5, 0.6) is 5.75 Å². The zero-order valence-electron chi connectivity index (χ0n) is 19.4. The highest BCUT2D eigenvalue weighted by atomic mass is 32.2. The second-order valence-electron chi connectivity index (χ2n) is 9.39. The second kappa shape index (κ2) is 10.3. The molecular formula is C27H31NO5S. The van der Waals surface area contributed by atoms with Crippen LogP contribution in [0, 0.1) is 17.8 Å². The third-order valence-corrected chi connectivity index (χ3v) is 8.20. The van der Waals surface area contributed by atoms with Crippen molar-refractivity contribution in [3.8, 4) is 5.75 Å². The number of hydrogen-bond donors (Lipinski definition) is 1. The number of unbranched alkanes of at least 4 members (excludes halogenated alkanes) is 1. The van der Waals surface area contributed by atoms with Crippen LogP contribution in [0.3, 0.4) is 0 Å². The van der Waals surface area contributed by atoms with Crippen LogP contribution in [-0.4, -0.2) is 23.3 Å². The number of furan rings is 1.